The summed E-state index contributed by atoms with van der Waals surface area (Å²) in [5.41, 5.74) is 0. The van der Waals surface area contributed by atoms with E-state index in [9.17, 15) is 14.7 Å². The predicted octanol–water partition coefficient (Wildman–Crippen LogP) is 0.812. The summed E-state index contributed by atoms with van der Waals surface area (Å²) in [5.74, 6) is -1.27. The number of carbonyl (C=O) groups is 2. The molecule has 3 atom stereocenters. The lowest BCUT2D eigenvalue weighted by molar-refractivity contribution is -0.141. The normalized spacial score (nSPS) is 15.3. The van der Waals surface area contributed by atoms with Crippen molar-refractivity contribution in [1.29, 1.82) is 0 Å². The molecule has 0 saturated carbocycles. The Morgan fingerprint density at radius 1 is 1.37 bits per heavy atom. The van der Waals surface area contributed by atoms with E-state index >= 15 is 0 Å². The number of hydrogen-bond donors (Lipinski definition) is 4. The van der Waals surface area contributed by atoms with E-state index in [0.717, 1.165) is 4.88 Å². The van der Waals surface area contributed by atoms with Gasteiger partial charge in [0.25, 0.3) is 0 Å². The second-order valence-electron chi connectivity index (χ2n) is 4.36. The molecule has 0 aromatic carbocycles. The Morgan fingerprint density at radius 3 is 2.53 bits per heavy atom. The van der Waals surface area contributed by atoms with Gasteiger partial charge in [-0.2, -0.15) is 0 Å². The van der Waals surface area contributed by atoms with Crippen LogP contribution < -0.4 is 10.6 Å². The highest BCUT2D eigenvalue weighted by Crippen LogP contribution is 2.10. The molecule has 1 unspecified atom stereocenters. The molecule has 106 valence electrons. The van der Waals surface area contributed by atoms with Crippen molar-refractivity contribution in [3.05, 3.63) is 22.4 Å². The van der Waals surface area contributed by atoms with Crippen LogP contribution in [-0.4, -0.2) is 40.4 Å². The van der Waals surface area contributed by atoms with Crippen LogP contribution in [0, 0.1) is 0 Å². The van der Waals surface area contributed by atoms with Crippen LogP contribution in [0.4, 0.5) is 4.79 Å². The fraction of sp³-hybridized carbons (Fsp3) is 0.500. The van der Waals surface area contributed by atoms with Crippen LogP contribution in [0.15, 0.2) is 17.5 Å². The Balaban J connectivity index is 2.43. The lowest BCUT2D eigenvalue weighted by Gasteiger charge is -2.19. The number of aliphatic hydroxyl groups is 1. The van der Waals surface area contributed by atoms with Crippen LogP contribution in [0.3, 0.4) is 0 Å². The summed E-state index contributed by atoms with van der Waals surface area (Å²) in [6, 6.07) is 1.87. The molecule has 0 saturated heterocycles. The SMILES string of the molecule is CC(Cc1cccs1)NC(=O)N[C@H](C(=O)O)[C@@H](C)O. The zero-order chi connectivity index (χ0) is 14.4. The first-order chi connectivity index (χ1) is 8.90. The molecule has 0 fully saturated rings. The van der Waals surface area contributed by atoms with E-state index in [4.69, 9.17) is 5.11 Å². The van der Waals surface area contributed by atoms with Gasteiger partial charge in [0, 0.05) is 17.3 Å². The molecule has 0 spiro atoms. The van der Waals surface area contributed by atoms with Gasteiger partial charge in [0.2, 0.25) is 0 Å². The quantitative estimate of drug-likeness (QED) is 0.622. The van der Waals surface area contributed by atoms with Crippen LogP contribution in [-0.2, 0) is 11.2 Å². The van der Waals surface area contributed by atoms with Gasteiger partial charge in [0.1, 0.15) is 0 Å². The minimum Gasteiger partial charge on any atom is -0.480 e. The number of urea groups is 1. The first kappa shape index (κ1) is 15.5. The molecule has 7 heteroatoms. The third-order valence-electron chi connectivity index (χ3n) is 2.50. The number of aliphatic hydroxyl groups excluding tert-OH is 1. The van der Waals surface area contributed by atoms with Crippen LogP contribution in [0.5, 0.6) is 0 Å². The van der Waals surface area contributed by atoms with Crippen molar-refractivity contribution >= 4 is 23.3 Å². The molecule has 0 radical (unpaired) electrons. The highest BCUT2D eigenvalue weighted by molar-refractivity contribution is 7.09. The fourth-order valence-electron chi connectivity index (χ4n) is 1.58. The maximum atomic E-state index is 11.6. The van der Waals surface area contributed by atoms with Gasteiger partial charge in [-0.1, -0.05) is 6.07 Å². The Labute approximate surface area is 115 Å². The second kappa shape index (κ2) is 7.10. The Bertz CT molecular complexity index is 419. The summed E-state index contributed by atoms with van der Waals surface area (Å²) in [5, 5.41) is 24.9. The number of carbonyl (C=O) groups excluding carboxylic acids is 1. The van der Waals surface area contributed by atoms with Gasteiger partial charge in [-0.15, -0.1) is 11.3 Å². The molecule has 1 rings (SSSR count). The van der Waals surface area contributed by atoms with Crippen molar-refractivity contribution in [2.45, 2.75) is 38.5 Å². The predicted molar refractivity (Wildman–Crippen MR) is 72.3 cm³/mol. The second-order valence-corrected chi connectivity index (χ2v) is 5.39. The third kappa shape index (κ3) is 5.27. The van der Waals surface area contributed by atoms with Crippen LogP contribution in [0.25, 0.3) is 0 Å². The number of amides is 2. The van der Waals surface area contributed by atoms with Crippen molar-refractivity contribution < 1.29 is 19.8 Å². The van der Waals surface area contributed by atoms with E-state index in [1.807, 2.05) is 24.4 Å². The molecular weight excluding hydrogens is 268 g/mol. The average molecular weight is 286 g/mol. The molecule has 4 N–H and O–H groups in total. The standard InChI is InChI=1S/C12H18N2O4S/c1-7(6-9-4-3-5-19-9)13-12(18)14-10(8(2)15)11(16)17/h3-5,7-8,10,15H,6H2,1-2H3,(H,16,17)(H2,13,14,18)/t7?,8-,10+/m1/s1. The zero-order valence-corrected chi connectivity index (χ0v) is 11.6. The Hall–Kier alpha value is -1.60. The van der Waals surface area contributed by atoms with Gasteiger partial charge >= 0.3 is 12.0 Å². The molecule has 19 heavy (non-hydrogen) atoms. The molecule has 1 aromatic heterocycles. The summed E-state index contributed by atoms with van der Waals surface area (Å²) in [4.78, 5) is 23.6. The van der Waals surface area contributed by atoms with Crippen LogP contribution >= 0.6 is 11.3 Å². The molecule has 2 amide bonds. The summed E-state index contributed by atoms with van der Waals surface area (Å²) < 4.78 is 0. The molecule has 6 nitrogen and oxygen atoms in total. The van der Waals surface area contributed by atoms with E-state index in [1.54, 1.807) is 11.3 Å². The Morgan fingerprint density at radius 2 is 2.05 bits per heavy atom. The maximum absolute atomic E-state index is 11.6. The number of carboxylic acid groups (broad SMARTS) is 1. The van der Waals surface area contributed by atoms with Crippen molar-refractivity contribution in [3.63, 3.8) is 0 Å². The number of aliphatic carboxylic acids is 1. The monoisotopic (exact) mass is 286 g/mol. The minimum absolute atomic E-state index is 0.123. The molecule has 1 heterocycles. The van der Waals surface area contributed by atoms with Gasteiger partial charge in [0.05, 0.1) is 6.10 Å². The topological polar surface area (TPSA) is 98.7 Å². The highest BCUT2D eigenvalue weighted by atomic mass is 32.1. The summed E-state index contributed by atoms with van der Waals surface area (Å²) in [7, 11) is 0. The van der Waals surface area contributed by atoms with E-state index in [1.165, 1.54) is 6.92 Å². The summed E-state index contributed by atoms with van der Waals surface area (Å²) >= 11 is 1.60. The smallest absolute Gasteiger partial charge is 0.328 e. The number of carboxylic acids is 1. The van der Waals surface area contributed by atoms with Crippen LogP contribution in [0.2, 0.25) is 0 Å². The van der Waals surface area contributed by atoms with Crippen molar-refractivity contribution in [3.8, 4) is 0 Å². The first-order valence-corrected chi connectivity index (χ1v) is 6.78. The van der Waals surface area contributed by atoms with E-state index in [0.29, 0.717) is 6.42 Å². The van der Waals surface area contributed by atoms with Gasteiger partial charge in [-0.05, 0) is 25.3 Å². The van der Waals surface area contributed by atoms with E-state index in [-0.39, 0.29) is 6.04 Å². The molecule has 0 aliphatic heterocycles. The number of thiophene rings is 1. The molecule has 0 aliphatic rings. The van der Waals surface area contributed by atoms with Crippen molar-refractivity contribution in [2.75, 3.05) is 0 Å². The highest BCUT2D eigenvalue weighted by Gasteiger charge is 2.25. The van der Waals surface area contributed by atoms with Crippen LogP contribution in [0.1, 0.15) is 18.7 Å². The van der Waals surface area contributed by atoms with Gasteiger partial charge in [-0.3, -0.25) is 0 Å². The van der Waals surface area contributed by atoms with Gasteiger partial charge in [0.15, 0.2) is 6.04 Å². The first-order valence-electron chi connectivity index (χ1n) is 5.90. The largest absolute Gasteiger partial charge is 0.480 e. The van der Waals surface area contributed by atoms with Gasteiger partial charge in [-0.25, -0.2) is 9.59 Å². The number of rotatable bonds is 6. The Kier molecular flexibility index (Phi) is 5.78. The third-order valence-corrected chi connectivity index (χ3v) is 3.40. The van der Waals surface area contributed by atoms with Crippen molar-refractivity contribution in [1.82, 2.24) is 10.6 Å². The lowest BCUT2D eigenvalue weighted by atomic mass is 10.2. The lowest BCUT2D eigenvalue weighted by Crippen LogP contribution is -2.52. The van der Waals surface area contributed by atoms with Gasteiger partial charge < -0.3 is 20.8 Å². The molecule has 0 bridgehead atoms. The summed E-state index contributed by atoms with van der Waals surface area (Å²) in [6.45, 7) is 3.14. The number of hydrogen-bond acceptors (Lipinski definition) is 4. The fourth-order valence-corrected chi connectivity index (χ4v) is 2.41. The minimum atomic E-state index is -1.31. The van der Waals surface area contributed by atoms with Crippen molar-refractivity contribution in [2.24, 2.45) is 0 Å². The molecule has 0 aliphatic carbocycles. The molecule has 1 aromatic rings. The number of nitrogens with one attached hydrogen (secondary N) is 2. The van der Waals surface area contributed by atoms with E-state index in [2.05, 4.69) is 10.6 Å². The maximum Gasteiger partial charge on any atom is 0.328 e. The average Bonchev–Trinajstić information content (AvgIpc) is 2.77. The van der Waals surface area contributed by atoms with E-state index < -0.39 is 24.1 Å². The zero-order valence-electron chi connectivity index (χ0n) is 10.8. The molecular formula is C12H18N2O4S. The summed E-state index contributed by atoms with van der Waals surface area (Å²) in [6.07, 6.45) is -0.479.